The molecule has 2 N–H and O–H groups in total. The topological polar surface area (TPSA) is 30.5 Å². The van der Waals surface area contributed by atoms with Crippen molar-refractivity contribution in [2.45, 2.75) is 33.6 Å². The molecule has 0 unspecified atom stereocenters. The average molecular weight is 232 g/mol. The van der Waals surface area contributed by atoms with E-state index < -0.39 is 9.28 Å². The van der Waals surface area contributed by atoms with E-state index in [-0.39, 0.29) is 0 Å². The first kappa shape index (κ1) is 15.1. The molecule has 0 atom stereocenters. The van der Waals surface area contributed by atoms with E-state index in [1.54, 1.807) is 0 Å². The maximum Gasteiger partial charge on any atom is 0.280 e. The van der Waals surface area contributed by atoms with Crippen LogP contribution < -0.4 is 9.96 Å². The van der Waals surface area contributed by atoms with Crippen molar-refractivity contribution in [1.29, 1.82) is 0 Å². The number of unbranched alkanes of at least 4 members (excludes halogenated alkanes) is 1. The van der Waals surface area contributed by atoms with Crippen LogP contribution in [0, 0.1) is 0 Å². The molecule has 0 aromatic carbocycles. The molecule has 0 rings (SSSR count). The normalized spacial score (nSPS) is 12.0. The highest BCUT2D eigenvalue weighted by Gasteiger charge is 2.20. The van der Waals surface area contributed by atoms with Crippen LogP contribution in [-0.4, -0.2) is 52.7 Å². The Kier molecular flexibility index (Phi) is 9.33. The van der Waals surface area contributed by atoms with Gasteiger partial charge in [0, 0.05) is 19.6 Å². The van der Waals surface area contributed by atoms with Crippen LogP contribution in [0.25, 0.3) is 0 Å². The number of nitrogens with zero attached hydrogens (tertiary/aromatic N) is 2. The van der Waals surface area contributed by atoms with Gasteiger partial charge in [0.1, 0.15) is 0 Å². The smallest absolute Gasteiger partial charge is 0.280 e. The lowest BCUT2D eigenvalue weighted by atomic mass is 10.3. The lowest BCUT2D eigenvalue weighted by Crippen LogP contribution is -2.63. The number of rotatable bonds is 9. The van der Waals surface area contributed by atoms with E-state index >= 15 is 0 Å². The van der Waals surface area contributed by atoms with Gasteiger partial charge in [-0.1, -0.05) is 27.2 Å². The third-order valence-electron chi connectivity index (χ3n) is 2.67. The number of hydrogen-bond donors (Lipinski definition) is 2. The van der Waals surface area contributed by atoms with Gasteiger partial charge in [-0.05, 0) is 20.5 Å². The van der Waals surface area contributed by atoms with Crippen molar-refractivity contribution in [3.8, 4) is 0 Å². The molecular weight excluding hydrogens is 204 g/mol. The van der Waals surface area contributed by atoms with Crippen LogP contribution >= 0.6 is 0 Å². The van der Waals surface area contributed by atoms with E-state index in [1.807, 2.05) is 14.1 Å². The summed E-state index contributed by atoms with van der Waals surface area (Å²) in [6.07, 6.45) is 2.54. The highest BCUT2D eigenvalue weighted by atomic mass is 28.3. The van der Waals surface area contributed by atoms with Crippen LogP contribution in [0.5, 0.6) is 0 Å². The van der Waals surface area contributed by atoms with Crippen molar-refractivity contribution in [2.24, 2.45) is 0 Å². The van der Waals surface area contributed by atoms with E-state index in [0.29, 0.717) is 0 Å². The van der Waals surface area contributed by atoms with Crippen molar-refractivity contribution in [3.63, 3.8) is 0 Å². The molecule has 0 heterocycles. The third kappa shape index (κ3) is 5.08. The summed E-state index contributed by atoms with van der Waals surface area (Å²) in [5.41, 5.74) is 0. The molecular formula is C10H28N4Si. The molecule has 0 saturated heterocycles. The molecule has 0 aliphatic carbocycles. The Morgan fingerprint density at radius 1 is 1.00 bits per heavy atom. The molecule has 0 spiro atoms. The zero-order valence-electron chi connectivity index (χ0n) is 11.0. The van der Waals surface area contributed by atoms with Crippen molar-refractivity contribution in [1.82, 2.24) is 19.6 Å². The van der Waals surface area contributed by atoms with E-state index in [1.165, 1.54) is 19.4 Å². The minimum atomic E-state index is -1.17. The van der Waals surface area contributed by atoms with Gasteiger partial charge in [0.05, 0.1) is 0 Å². The van der Waals surface area contributed by atoms with E-state index in [9.17, 15) is 0 Å². The maximum atomic E-state index is 3.41. The lowest BCUT2D eigenvalue weighted by molar-refractivity contribution is 0.0574. The summed E-state index contributed by atoms with van der Waals surface area (Å²) in [6.45, 7) is 10.1. The Hall–Kier alpha value is 0.0569. The Bertz CT molecular complexity index is 141. The first-order chi connectivity index (χ1) is 7.24. The van der Waals surface area contributed by atoms with Crippen LogP contribution in [-0.2, 0) is 0 Å². The fraction of sp³-hybridized carbons (Fsp3) is 1.00. The second-order valence-corrected chi connectivity index (χ2v) is 6.19. The molecule has 0 amide bonds. The Morgan fingerprint density at radius 2 is 1.60 bits per heavy atom. The van der Waals surface area contributed by atoms with E-state index in [2.05, 4.69) is 40.4 Å². The molecule has 0 bridgehead atoms. The van der Waals surface area contributed by atoms with Crippen LogP contribution in [0.15, 0.2) is 0 Å². The standard InChI is InChI=1S/C10H28N4Si/c1-6-9-10-13(7-2)14(8-3)15(11-4)12-5/h11-12,15H,6-10H2,1-5H3. The monoisotopic (exact) mass is 232 g/mol. The SMILES string of the molecule is CCCCN(CC)N(CC)[SiH](NC)NC. The molecule has 0 saturated carbocycles. The molecule has 5 heteroatoms. The second-order valence-electron chi connectivity index (χ2n) is 3.64. The number of hydrogen-bond acceptors (Lipinski definition) is 4. The Labute approximate surface area is 96.8 Å². The predicted octanol–water partition coefficient (Wildman–Crippen LogP) is 0.501. The summed E-state index contributed by atoms with van der Waals surface area (Å²) in [5, 5.41) is 2.47. The summed E-state index contributed by atoms with van der Waals surface area (Å²) in [4.78, 5) is 6.81. The summed E-state index contributed by atoms with van der Waals surface area (Å²) in [7, 11) is 2.92. The van der Waals surface area contributed by atoms with Crippen LogP contribution in [0.3, 0.4) is 0 Å². The zero-order chi connectivity index (χ0) is 11.7. The van der Waals surface area contributed by atoms with Gasteiger partial charge in [0.15, 0.2) is 0 Å². The maximum absolute atomic E-state index is 3.41. The molecule has 0 aliphatic heterocycles. The quantitative estimate of drug-likeness (QED) is 0.448. The summed E-state index contributed by atoms with van der Waals surface area (Å²) < 4.78 is 2.48. The largest absolute Gasteiger partial charge is 0.318 e. The predicted molar refractivity (Wildman–Crippen MR) is 69.8 cm³/mol. The van der Waals surface area contributed by atoms with Crippen molar-refractivity contribution in [2.75, 3.05) is 33.7 Å². The fourth-order valence-corrected chi connectivity index (χ4v) is 3.65. The van der Waals surface area contributed by atoms with Crippen molar-refractivity contribution < 1.29 is 0 Å². The van der Waals surface area contributed by atoms with Gasteiger partial charge in [-0.15, -0.1) is 0 Å². The number of nitrogens with one attached hydrogen (secondary N) is 2. The van der Waals surface area contributed by atoms with E-state index in [4.69, 9.17) is 0 Å². The van der Waals surface area contributed by atoms with Crippen LogP contribution in [0.4, 0.5) is 0 Å². The Morgan fingerprint density at radius 3 is 1.93 bits per heavy atom. The van der Waals surface area contributed by atoms with Gasteiger partial charge in [0.2, 0.25) is 0 Å². The van der Waals surface area contributed by atoms with E-state index in [0.717, 1.165) is 13.1 Å². The third-order valence-corrected chi connectivity index (χ3v) is 5.05. The minimum Gasteiger partial charge on any atom is -0.318 e. The molecule has 0 aromatic rings. The average Bonchev–Trinajstić information content (AvgIpc) is 2.28. The van der Waals surface area contributed by atoms with Gasteiger partial charge in [0.25, 0.3) is 9.28 Å². The molecule has 0 fully saturated rings. The lowest BCUT2D eigenvalue weighted by Gasteiger charge is -2.38. The first-order valence-corrected chi connectivity index (χ1v) is 7.78. The van der Waals surface area contributed by atoms with Crippen molar-refractivity contribution >= 4 is 9.28 Å². The van der Waals surface area contributed by atoms with Crippen LogP contribution in [0.1, 0.15) is 33.6 Å². The molecule has 92 valence electrons. The molecule has 15 heavy (non-hydrogen) atoms. The molecule has 0 aliphatic rings. The summed E-state index contributed by atoms with van der Waals surface area (Å²) >= 11 is 0. The van der Waals surface area contributed by atoms with Gasteiger partial charge in [-0.25, -0.2) is 9.68 Å². The highest BCUT2D eigenvalue weighted by molar-refractivity contribution is 6.49. The zero-order valence-corrected chi connectivity index (χ0v) is 12.2. The first-order valence-electron chi connectivity index (χ1n) is 6.11. The van der Waals surface area contributed by atoms with Crippen molar-refractivity contribution in [3.05, 3.63) is 0 Å². The van der Waals surface area contributed by atoms with Gasteiger partial charge >= 0.3 is 0 Å². The number of hydrazine groups is 1. The molecule has 0 radical (unpaired) electrons. The highest BCUT2D eigenvalue weighted by Crippen LogP contribution is 2.01. The summed E-state index contributed by atoms with van der Waals surface area (Å²) in [5.74, 6) is 0. The van der Waals surface area contributed by atoms with Crippen LogP contribution in [0.2, 0.25) is 0 Å². The van der Waals surface area contributed by atoms with Gasteiger partial charge < -0.3 is 9.96 Å². The Balaban J connectivity index is 4.29. The molecule has 0 aromatic heterocycles. The molecule has 4 nitrogen and oxygen atoms in total. The minimum absolute atomic E-state index is 1.08. The fourth-order valence-electron chi connectivity index (χ4n) is 1.80. The van der Waals surface area contributed by atoms with Gasteiger partial charge in [-0.3, -0.25) is 0 Å². The second kappa shape index (κ2) is 9.29. The summed E-state index contributed by atoms with van der Waals surface area (Å²) in [6, 6.07) is 0. The van der Waals surface area contributed by atoms with Gasteiger partial charge in [-0.2, -0.15) is 0 Å².